The first-order chi connectivity index (χ1) is 10.2. The molecule has 0 aromatic heterocycles. The minimum Gasteiger partial charge on any atom is -0.504 e. The van der Waals surface area contributed by atoms with E-state index in [1.807, 2.05) is 42.5 Å². The molecule has 2 aliphatic rings. The van der Waals surface area contributed by atoms with Gasteiger partial charge < -0.3 is 5.11 Å². The summed E-state index contributed by atoms with van der Waals surface area (Å²) in [7, 11) is 0. The van der Waals surface area contributed by atoms with Gasteiger partial charge in [-0.1, -0.05) is 42.2 Å². The van der Waals surface area contributed by atoms with Crippen LogP contribution in [0.5, 0.6) is 5.75 Å². The molecule has 2 aliphatic carbocycles. The van der Waals surface area contributed by atoms with Gasteiger partial charge in [0, 0.05) is 11.1 Å². The van der Waals surface area contributed by atoms with Gasteiger partial charge in [-0.2, -0.15) is 0 Å². The molecular weight excluding hydrogens is 260 g/mol. The van der Waals surface area contributed by atoms with E-state index < -0.39 is 5.43 Å². The van der Waals surface area contributed by atoms with E-state index in [4.69, 9.17) is 0 Å². The zero-order valence-electron chi connectivity index (χ0n) is 11.2. The molecule has 0 atom stereocenters. The monoisotopic (exact) mass is 272 g/mol. The third kappa shape index (κ3) is 2.93. The Hall–Kier alpha value is -3.05. The fraction of sp³-hybridized carbons (Fsp3) is 0. The van der Waals surface area contributed by atoms with Crippen LogP contribution in [0, 0.1) is 11.8 Å². The van der Waals surface area contributed by atoms with Crippen LogP contribution in [0.4, 0.5) is 0 Å². The van der Waals surface area contributed by atoms with Crippen LogP contribution in [0.3, 0.4) is 0 Å². The molecule has 2 nitrogen and oxygen atoms in total. The standard InChI is InChI=1S/C19H12O2/c20-18-10-8-14(9-11-19(18)21)6-7-15-12-16-4-2-1-3-5-17(16)13-15/h1-5,8-13H,(H,20,21). The first-order valence-corrected chi connectivity index (χ1v) is 6.56. The van der Waals surface area contributed by atoms with Crippen LogP contribution in [0.2, 0.25) is 0 Å². The smallest absolute Gasteiger partial charge is 0.220 e. The van der Waals surface area contributed by atoms with Crippen molar-refractivity contribution in [1.29, 1.82) is 0 Å². The highest BCUT2D eigenvalue weighted by molar-refractivity contribution is 5.70. The minimum absolute atomic E-state index is 0.269. The molecule has 0 spiro atoms. The van der Waals surface area contributed by atoms with Crippen molar-refractivity contribution in [1.82, 2.24) is 0 Å². The van der Waals surface area contributed by atoms with Crippen molar-refractivity contribution < 1.29 is 5.11 Å². The van der Waals surface area contributed by atoms with Crippen LogP contribution in [-0.2, 0) is 0 Å². The fourth-order valence-electron chi connectivity index (χ4n) is 2.07. The highest BCUT2D eigenvalue weighted by atomic mass is 16.3. The molecule has 0 unspecified atom stereocenters. The molecule has 0 bridgehead atoms. The minimum atomic E-state index is -0.408. The molecule has 0 amide bonds. The van der Waals surface area contributed by atoms with E-state index in [2.05, 4.69) is 11.8 Å². The largest absolute Gasteiger partial charge is 0.504 e. The Balaban J connectivity index is 1.99. The first kappa shape index (κ1) is 13.0. The topological polar surface area (TPSA) is 37.3 Å². The lowest BCUT2D eigenvalue weighted by Crippen LogP contribution is -1.91. The predicted octanol–water partition coefficient (Wildman–Crippen LogP) is 3.26. The Morgan fingerprint density at radius 1 is 0.714 bits per heavy atom. The maximum Gasteiger partial charge on any atom is 0.220 e. The Kier molecular flexibility index (Phi) is 3.41. The third-order valence-electron chi connectivity index (χ3n) is 3.17. The van der Waals surface area contributed by atoms with Gasteiger partial charge >= 0.3 is 0 Å². The summed E-state index contributed by atoms with van der Waals surface area (Å²) in [5.74, 6) is 5.81. The van der Waals surface area contributed by atoms with E-state index in [9.17, 15) is 9.90 Å². The summed E-state index contributed by atoms with van der Waals surface area (Å²) in [6, 6.07) is 20.1. The highest BCUT2D eigenvalue weighted by Crippen LogP contribution is 2.24. The number of fused-ring (bicyclic) bond motifs is 1. The van der Waals surface area contributed by atoms with Crippen molar-refractivity contribution in [2.45, 2.75) is 0 Å². The Morgan fingerprint density at radius 3 is 2.05 bits per heavy atom. The molecule has 0 aliphatic heterocycles. The average Bonchev–Trinajstić information content (AvgIpc) is 2.63. The fourth-order valence-corrected chi connectivity index (χ4v) is 2.07. The van der Waals surface area contributed by atoms with E-state index in [-0.39, 0.29) is 5.75 Å². The van der Waals surface area contributed by atoms with Crippen molar-refractivity contribution in [2.75, 3.05) is 0 Å². The van der Waals surface area contributed by atoms with Gasteiger partial charge in [-0.3, -0.25) is 4.79 Å². The SMILES string of the molecule is O=c1ccc(C#Cc2cc3cccccc-3c2)ccc1O. The highest BCUT2D eigenvalue weighted by Gasteiger charge is 2.02. The summed E-state index contributed by atoms with van der Waals surface area (Å²) >= 11 is 0. The summed E-state index contributed by atoms with van der Waals surface area (Å²) in [5.41, 5.74) is 3.48. The molecule has 0 radical (unpaired) electrons. The summed E-state index contributed by atoms with van der Waals surface area (Å²) in [6.07, 6.45) is 0. The van der Waals surface area contributed by atoms with E-state index in [0.717, 1.165) is 16.7 Å². The van der Waals surface area contributed by atoms with Crippen molar-refractivity contribution in [3.63, 3.8) is 0 Å². The number of aromatic hydroxyl groups is 1. The van der Waals surface area contributed by atoms with Gasteiger partial charge in [-0.15, -0.1) is 0 Å². The number of rotatable bonds is 0. The second kappa shape index (κ2) is 5.52. The van der Waals surface area contributed by atoms with Crippen LogP contribution in [0.1, 0.15) is 11.1 Å². The van der Waals surface area contributed by atoms with E-state index in [1.165, 1.54) is 12.1 Å². The summed E-state index contributed by atoms with van der Waals surface area (Å²) in [5, 5.41) is 9.35. The average molecular weight is 272 g/mol. The molecule has 0 fully saturated rings. The lowest BCUT2D eigenvalue weighted by molar-refractivity contribution is 0.471. The second-order valence-electron chi connectivity index (χ2n) is 4.69. The van der Waals surface area contributed by atoms with Crippen LogP contribution >= 0.6 is 0 Å². The van der Waals surface area contributed by atoms with Crippen molar-refractivity contribution in [3.8, 4) is 28.7 Å². The second-order valence-corrected chi connectivity index (χ2v) is 4.69. The van der Waals surface area contributed by atoms with Crippen molar-refractivity contribution >= 4 is 0 Å². The molecule has 100 valence electrons. The summed E-state index contributed by atoms with van der Waals surface area (Å²) in [4.78, 5) is 11.3. The normalized spacial score (nSPS) is 9.90. The molecular formula is C19H12O2. The maximum atomic E-state index is 11.3. The van der Waals surface area contributed by atoms with Crippen LogP contribution < -0.4 is 5.43 Å². The van der Waals surface area contributed by atoms with E-state index >= 15 is 0 Å². The van der Waals surface area contributed by atoms with Crippen molar-refractivity contribution in [3.05, 3.63) is 88.1 Å². The molecule has 0 saturated heterocycles. The van der Waals surface area contributed by atoms with Crippen molar-refractivity contribution in [2.24, 2.45) is 0 Å². The van der Waals surface area contributed by atoms with Crippen LogP contribution in [-0.4, -0.2) is 5.11 Å². The van der Waals surface area contributed by atoms with Gasteiger partial charge in [0.1, 0.15) is 0 Å². The van der Waals surface area contributed by atoms with Gasteiger partial charge in [0.2, 0.25) is 5.43 Å². The zero-order valence-corrected chi connectivity index (χ0v) is 11.2. The van der Waals surface area contributed by atoms with Gasteiger partial charge in [0.05, 0.1) is 0 Å². The molecule has 1 N–H and O–H groups in total. The lowest BCUT2D eigenvalue weighted by atomic mass is 10.2. The predicted molar refractivity (Wildman–Crippen MR) is 83.4 cm³/mol. The summed E-state index contributed by atoms with van der Waals surface area (Å²) in [6.45, 7) is 0. The Bertz CT molecular complexity index is 854. The van der Waals surface area contributed by atoms with Crippen LogP contribution in [0.15, 0.2) is 71.5 Å². The van der Waals surface area contributed by atoms with Gasteiger partial charge in [0.15, 0.2) is 5.75 Å². The molecule has 21 heavy (non-hydrogen) atoms. The Morgan fingerprint density at radius 2 is 1.33 bits per heavy atom. The molecule has 2 heteroatoms. The molecule has 3 rings (SSSR count). The molecule has 0 heterocycles. The summed E-state index contributed by atoms with van der Waals surface area (Å²) < 4.78 is 0. The lowest BCUT2D eigenvalue weighted by Gasteiger charge is -1.85. The molecule has 0 saturated carbocycles. The van der Waals surface area contributed by atoms with E-state index in [1.54, 1.807) is 12.1 Å². The van der Waals surface area contributed by atoms with E-state index in [0.29, 0.717) is 5.56 Å². The van der Waals surface area contributed by atoms with Gasteiger partial charge in [0.25, 0.3) is 0 Å². The molecule has 1 aromatic rings. The quantitative estimate of drug-likeness (QED) is 0.638. The number of hydrogen-bond acceptors (Lipinski definition) is 2. The Labute approximate surface area is 122 Å². The van der Waals surface area contributed by atoms with Gasteiger partial charge in [-0.05, 0) is 47.5 Å². The molecule has 1 aromatic carbocycles. The maximum absolute atomic E-state index is 11.3. The first-order valence-electron chi connectivity index (χ1n) is 6.56. The van der Waals surface area contributed by atoms with Gasteiger partial charge in [-0.25, -0.2) is 0 Å². The third-order valence-corrected chi connectivity index (χ3v) is 3.17. The van der Waals surface area contributed by atoms with Crippen LogP contribution in [0.25, 0.3) is 11.1 Å². The number of hydrogen-bond donors (Lipinski definition) is 1. The zero-order chi connectivity index (χ0) is 14.7.